The molecule has 0 bridgehead atoms. The standard InChI is InChI=1S/C17H22N2O2S/c1-19(2)12-15-8-9-16(21-15)13-22-11-10-18-17(20)14-6-4-3-5-7-14/h3-9H,10-13H2,1-2H3,(H,18,20). The van der Waals surface area contributed by atoms with Crippen LogP contribution >= 0.6 is 11.8 Å². The van der Waals surface area contributed by atoms with Gasteiger partial charge in [-0.25, -0.2) is 0 Å². The molecule has 2 rings (SSSR count). The Labute approximate surface area is 135 Å². The van der Waals surface area contributed by atoms with Gasteiger partial charge in [0.15, 0.2) is 0 Å². The third-order valence-electron chi connectivity index (χ3n) is 3.00. The molecule has 0 unspecified atom stereocenters. The second-order valence-corrected chi connectivity index (χ2v) is 6.39. The van der Waals surface area contributed by atoms with Crippen LogP contribution in [-0.2, 0) is 12.3 Å². The number of nitrogens with zero attached hydrogens (tertiary/aromatic N) is 1. The van der Waals surface area contributed by atoms with E-state index in [1.54, 1.807) is 11.8 Å². The van der Waals surface area contributed by atoms with Crippen molar-refractivity contribution in [2.45, 2.75) is 12.3 Å². The molecule has 22 heavy (non-hydrogen) atoms. The minimum atomic E-state index is -0.0209. The summed E-state index contributed by atoms with van der Waals surface area (Å²) >= 11 is 1.75. The summed E-state index contributed by atoms with van der Waals surface area (Å²) in [7, 11) is 4.04. The first kappa shape index (κ1) is 16.6. The van der Waals surface area contributed by atoms with Crippen molar-refractivity contribution >= 4 is 17.7 Å². The van der Waals surface area contributed by atoms with E-state index in [0.717, 1.165) is 29.6 Å². The molecule has 0 saturated heterocycles. The summed E-state index contributed by atoms with van der Waals surface area (Å²) in [5.74, 6) is 3.64. The van der Waals surface area contributed by atoms with E-state index in [1.165, 1.54) is 0 Å². The second kappa shape index (κ2) is 8.66. The summed E-state index contributed by atoms with van der Waals surface area (Å²) in [4.78, 5) is 13.9. The van der Waals surface area contributed by atoms with Gasteiger partial charge < -0.3 is 14.6 Å². The maximum absolute atomic E-state index is 11.8. The Hall–Kier alpha value is -1.72. The first-order valence-electron chi connectivity index (χ1n) is 7.28. The summed E-state index contributed by atoms with van der Waals surface area (Å²) in [6, 6.07) is 13.3. The average molecular weight is 318 g/mol. The van der Waals surface area contributed by atoms with E-state index < -0.39 is 0 Å². The predicted octanol–water partition coefficient (Wildman–Crippen LogP) is 3.00. The molecule has 0 saturated carbocycles. The Balaban J connectivity index is 1.63. The molecule has 5 heteroatoms. The Morgan fingerprint density at radius 3 is 2.59 bits per heavy atom. The molecule has 1 aromatic carbocycles. The summed E-state index contributed by atoms with van der Waals surface area (Å²) in [5, 5.41) is 2.92. The van der Waals surface area contributed by atoms with Crippen LogP contribution in [0.4, 0.5) is 0 Å². The molecular formula is C17H22N2O2S. The molecule has 2 aromatic rings. The first-order valence-corrected chi connectivity index (χ1v) is 8.44. The van der Waals surface area contributed by atoms with E-state index in [-0.39, 0.29) is 5.91 Å². The van der Waals surface area contributed by atoms with E-state index in [9.17, 15) is 4.79 Å². The molecule has 1 amide bonds. The largest absolute Gasteiger partial charge is 0.464 e. The first-order chi connectivity index (χ1) is 10.6. The van der Waals surface area contributed by atoms with Gasteiger partial charge in [0.1, 0.15) is 11.5 Å². The van der Waals surface area contributed by atoms with Crippen LogP contribution in [0.5, 0.6) is 0 Å². The number of furan rings is 1. The van der Waals surface area contributed by atoms with Gasteiger partial charge >= 0.3 is 0 Å². The van der Waals surface area contributed by atoms with Gasteiger partial charge in [0.2, 0.25) is 0 Å². The molecule has 4 nitrogen and oxygen atoms in total. The van der Waals surface area contributed by atoms with Crippen molar-refractivity contribution in [2.24, 2.45) is 0 Å². The fraction of sp³-hybridized carbons (Fsp3) is 0.353. The zero-order valence-electron chi connectivity index (χ0n) is 13.0. The number of hydrogen-bond acceptors (Lipinski definition) is 4. The van der Waals surface area contributed by atoms with Crippen LogP contribution in [0.2, 0.25) is 0 Å². The van der Waals surface area contributed by atoms with E-state index in [2.05, 4.69) is 10.2 Å². The highest BCUT2D eigenvalue weighted by molar-refractivity contribution is 7.98. The number of carbonyl (C=O) groups is 1. The summed E-state index contributed by atoms with van der Waals surface area (Å²) in [5.41, 5.74) is 0.701. The molecule has 0 aliphatic rings. The summed E-state index contributed by atoms with van der Waals surface area (Å²) < 4.78 is 5.74. The lowest BCUT2D eigenvalue weighted by molar-refractivity contribution is 0.0956. The van der Waals surface area contributed by atoms with Crippen molar-refractivity contribution in [1.29, 1.82) is 0 Å². The van der Waals surface area contributed by atoms with Crippen LogP contribution in [0.25, 0.3) is 0 Å². The Morgan fingerprint density at radius 1 is 1.14 bits per heavy atom. The van der Waals surface area contributed by atoms with Crippen LogP contribution in [0.1, 0.15) is 21.9 Å². The zero-order valence-corrected chi connectivity index (χ0v) is 13.9. The number of nitrogens with one attached hydrogen (secondary N) is 1. The van der Waals surface area contributed by atoms with Crippen LogP contribution in [-0.4, -0.2) is 37.2 Å². The normalized spacial score (nSPS) is 10.9. The molecule has 1 aromatic heterocycles. The number of carbonyl (C=O) groups excluding carboxylic acids is 1. The van der Waals surface area contributed by atoms with Crippen molar-refractivity contribution in [3.05, 3.63) is 59.5 Å². The molecule has 0 aliphatic carbocycles. The smallest absolute Gasteiger partial charge is 0.251 e. The number of benzene rings is 1. The van der Waals surface area contributed by atoms with Gasteiger partial charge in [0.25, 0.3) is 5.91 Å². The number of thioether (sulfide) groups is 1. The Kier molecular flexibility index (Phi) is 6.55. The highest BCUT2D eigenvalue weighted by Crippen LogP contribution is 2.15. The topological polar surface area (TPSA) is 45.5 Å². The van der Waals surface area contributed by atoms with Gasteiger partial charge in [-0.3, -0.25) is 4.79 Å². The maximum Gasteiger partial charge on any atom is 0.251 e. The molecular weight excluding hydrogens is 296 g/mol. The molecule has 0 radical (unpaired) electrons. The van der Waals surface area contributed by atoms with Gasteiger partial charge in [-0.15, -0.1) is 0 Å². The van der Waals surface area contributed by atoms with Crippen molar-refractivity contribution in [2.75, 3.05) is 26.4 Å². The van der Waals surface area contributed by atoms with Gasteiger partial charge in [0, 0.05) is 17.9 Å². The molecule has 0 fully saturated rings. The predicted molar refractivity (Wildman–Crippen MR) is 91.0 cm³/mol. The minimum Gasteiger partial charge on any atom is -0.464 e. The van der Waals surface area contributed by atoms with Gasteiger partial charge in [-0.1, -0.05) is 18.2 Å². The van der Waals surface area contributed by atoms with Crippen molar-refractivity contribution < 1.29 is 9.21 Å². The lowest BCUT2D eigenvalue weighted by atomic mass is 10.2. The molecule has 118 valence electrons. The lowest BCUT2D eigenvalue weighted by Gasteiger charge is -2.06. The van der Waals surface area contributed by atoms with Crippen molar-refractivity contribution in [1.82, 2.24) is 10.2 Å². The van der Waals surface area contributed by atoms with Crippen LogP contribution in [0.15, 0.2) is 46.9 Å². The van der Waals surface area contributed by atoms with E-state index in [4.69, 9.17) is 4.42 Å². The quantitative estimate of drug-likeness (QED) is 0.760. The maximum atomic E-state index is 11.8. The third-order valence-corrected chi connectivity index (χ3v) is 3.98. The van der Waals surface area contributed by atoms with Crippen molar-refractivity contribution in [3.63, 3.8) is 0 Å². The van der Waals surface area contributed by atoms with E-state index >= 15 is 0 Å². The minimum absolute atomic E-state index is 0.0209. The van der Waals surface area contributed by atoms with Crippen LogP contribution in [0, 0.1) is 0 Å². The summed E-state index contributed by atoms with van der Waals surface area (Å²) in [6.45, 7) is 1.47. The second-order valence-electron chi connectivity index (χ2n) is 5.28. The lowest BCUT2D eigenvalue weighted by Crippen LogP contribution is -2.25. The highest BCUT2D eigenvalue weighted by atomic mass is 32.2. The Bertz CT molecular complexity index is 581. The SMILES string of the molecule is CN(C)Cc1ccc(CSCCNC(=O)c2ccccc2)o1. The Morgan fingerprint density at radius 2 is 1.86 bits per heavy atom. The average Bonchev–Trinajstić information content (AvgIpc) is 2.94. The van der Waals surface area contributed by atoms with Crippen LogP contribution < -0.4 is 5.32 Å². The molecule has 0 atom stereocenters. The summed E-state index contributed by atoms with van der Waals surface area (Å²) in [6.07, 6.45) is 0. The number of amides is 1. The third kappa shape index (κ3) is 5.58. The molecule has 0 spiro atoms. The fourth-order valence-corrected chi connectivity index (χ4v) is 2.74. The molecule has 1 N–H and O–H groups in total. The van der Waals surface area contributed by atoms with E-state index in [1.807, 2.05) is 56.6 Å². The fourth-order valence-electron chi connectivity index (χ4n) is 2.00. The van der Waals surface area contributed by atoms with E-state index in [0.29, 0.717) is 12.1 Å². The molecule has 0 aliphatic heterocycles. The molecule has 1 heterocycles. The van der Waals surface area contributed by atoms with Gasteiger partial charge in [-0.2, -0.15) is 11.8 Å². The monoisotopic (exact) mass is 318 g/mol. The highest BCUT2D eigenvalue weighted by Gasteiger charge is 2.05. The number of rotatable bonds is 8. The van der Waals surface area contributed by atoms with Gasteiger partial charge in [-0.05, 0) is 38.4 Å². The van der Waals surface area contributed by atoms with Crippen LogP contribution in [0.3, 0.4) is 0 Å². The van der Waals surface area contributed by atoms with Gasteiger partial charge in [0.05, 0.1) is 12.3 Å². The zero-order chi connectivity index (χ0) is 15.8. The van der Waals surface area contributed by atoms with Crippen molar-refractivity contribution in [3.8, 4) is 0 Å². The number of hydrogen-bond donors (Lipinski definition) is 1.